The van der Waals surface area contributed by atoms with Gasteiger partial charge in [0.2, 0.25) is 0 Å². The second-order valence-electron chi connectivity index (χ2n) is 4.78. The fraction of sp³-hybridized carbons (Fsp3) is 0.533. The van der Waals surface area contributed by atoms with E-state index in [1.807, 2.05) is 25.1 Å². The van der Waals surface area contributed by atoms with E-state index in [1.54, 1.807) is 12.0 Å². The fourth-order valence-corrected chi connectivity index (χ4v) is 2.50. The first-order valence-electron chi connectivity index (χ1n) is 6.80. The van der Waals surface area contributed by atoms with Crippen LogP contribution in [-0.4, -0.2) is 26.4 Å². The van der Waals surface area contributed by atoms with Gasteiger partial charge in [-0.3, -0.25) is 4.90 Å². The van der Waals surface area contributed by atoms with E-state index >= 15 is 0 Å². The first-order chi connectivity index (χ1) is 9.19. The van der Waals surface area contributed by atoms with Crippen LogP contribution in [0, 0.1) is 5.92 Å². The van der Waals surface area contributed by atoms with Crippen LogP contribution in [0.4, 0.5) is 10.5 Å². The number of nitrogens with zero attached hydrogens (tertiary/aromatic N) is 1. The van der Waals surface area contributed by atoms with Crippen molar-refractivity contribution in [2.75, 3.05) is 25.2 Å². The maximum Gasteiger partial charge on any atom is 0.414 e. The van der Waals surface area contributed by atoms with E-state index in [-0.39, 0.29) is 6.09 Å². The second kappa shape index (κ2) is 5.95. The molecule has 1 heterocycles. The largest absolute Gasteiger partial charge is 0.497 e. The summed E-state index contributed by atoms with van der Waals surface area (Å²) in [4.78, 5) is 13.8. The molecule has 1 aromatic rings. The monoisotopic (exact) mass is 263 g/mol. The van der Waals surface area contributed by atoms with Crippen LogP contribution in [0.2, 0.25) is 0 Å². The Hall–Kier alpha value is -1.71. The SMILES string of the molecule is CCOC(=O)N1CC(CC)Cc2cc(OC)ccc21. The molecule has 0 spiro atoms. The Balaban J connectivity index is 2.34. The van der Waals surface area contributed by atoms with Gasteiger partial charge in [-0.15, -0.1) is 0 Å². The first kappa shape index (κ1) is 13.7. The van der Waals surface area contributed by atoms with Gasteiger partial charge < -0.3 is 9.47 Å². The van der Waals surface area contributed by atoms with Crippen LogP contribution in [0.5, 0.6) is 5.75 Å². The summed E-state index contributed by atoms with van der Waals surface area (Å²) in [5.74, 6) is 1.31. The summed E-state index contributed by atoms with van der Waals surface area (Å²) in [6.45, 7) is 5.11. The van der Waals surface area contributed by atoms with Gasteiger partial charge in [0.05, 0.1) is 19.4 Å². The predicted octanol–water partition coefficient (Wildman–Crippen LogP) is 3.24. The van der Waals surface area contributed by atoms with Crippen LogP contribution >= 0.6 is 0 Å². The number of fused-ring (bicyclic) bond motifs is 1. The lowest BCUT2D eigenvalue weighted by atomic mass is 9.91. The normalized spacial score (nSPS) is 17.8. The average Bonchev–Trinajstić information content (AvgIpc) is 2.45. The summed E-state index contributed by atoms with van der Waals surface area (Å²) >= 11 is 0. The molecule has 0 radical (unpaired) electrons. The van der Waals surface area contributed by atoms with Crippen molar-refractivity contribution >= 4 is 11.8 Å². The number of anilines is 1. The number of amides is 1. The summed E-state index contributed by atoms with van der Waals surface area (Å²) in [6, 6.07) is 5.84. The predicted molar refractivity (Wildman–Crippen MR) is 74.8 cm³/mol. The second-order valence-corrected chi connectivity index (χ2v) is 4.78. The molecule has 0 aliphatic carbocycles. The molecule has 1 atom stereocenters. The highest BCUT2D eigenvalue weighted by Gasteiger charge is 2.28. The van der Waals surface area contributed by atoms with Crippen molar-refractivity contribution in [1.82, 2.24) is 0 Å². The van der Waals surface area contributed by atoms with Crippen LogP contribution in [0.3, 0.4) is 0 Å². The zero-order chi connectivity index (χ0) is 13.8. The number of hydrogen-bond donors (Lipinski definition) is 0. The summed E-state index contributed by atoms with van der Waals surface area (Å²) < 4.78 is 10.4. The molecule has 1 aromatic carbocycles. The zero-order valence-electron chi connectivity index (χ0n) is 11.8. The topological polar surface area (TPSA) is 38.8 Å². The highest BCUT2D eigenvalue weighted by atomic mass is 16.6. The van der Waals surface area contributed by atoms with Crippen molar-refractivity contribution in [3.8, 4) is 5.75 Å². The van der Waals surface area contributed by atoms with Crippen LogP contribution in [0.15, 0.2) is 18.2 Å². The molecule has 1 aliphatic heterocycles. The minimum Gasteiger partial charge on any atom is -0.497 e. The van der Waals surface area contributed by atoms with Crippen molar-refractivity contribution in [2.24, 2.45) is 5.92 Å². The van der Waals surface area contributed by atoms with E-state index in [2.05, 4.69) is 6.92 Å². The van der Waals surface area contributed by atoms with Crippen LogP contribution in [-0.2, 0) is 11.2 Å². The smallest absolute Gasteiger partial charge is 0.414 e. The van der Waals surface area contributed by atoms with Crippen molar-refractivity contribution in [2.45, 2.75) is 26.7 Å². The van der Waals surface area contributed by atoms with E-state index in [0.717, 1.165) is 36.4 Å². The van der Waals surface area contributed by atoms with Gasteiger partial charge in [0.15, 0.2) is 0 Å². The van der Waals surface area contributed by atoms with Crippen LogP contribution < -0.4 is 9.64 Å². The molecular formula is C15H21NO3. The molecule has 1 aliphatic rings. The van der Waals surface area contributed by atoms with Gasteiger partial charge in [0.1, 0.15) is 5.75 Å². The number of benzene rings is 1. The molecule has 4 heteroatoms. The molecule has 0 fully saturated rings. The van der Waals surface area contributed by atoms with E-state index < -0.39 is 0 Å². The van der Waals surface area contributed by atoms with Gasteiger partial charge in [-0.1, -0.05) is 13.3 Å². The van der Waals surface area contributed by atoms with E-state index in [4.69, 9.17) is 9.47 Å². The molecule has 0 aromatic heterocycles. The Morgan fingerprint density at radius 2 is 2.21 bits per heavy atom. The van der Waals surface area contributed by atoms with Gasteiger partial charge >= 0.3 is 6.09 Å². The Morgan fingerprint density at radius 1 is 1.42 bits per heavy atom. The molecule has 1 unspecified atom stereocenters. The molecule has 104 valence electrons. The summed E-state index contributed by atoms with van der Waals surface area (Å²) in [5.41, 5.74) is 2.11. The Kier molecular flexibility index (Phi) is 4.30. The zero-order valence-corrected chi connectivity index (χ0v) is 11.8. The highest BCUT2D eigenvalue weighted by Crippen LogP contribution is 2.34. The van der Waals surface area contributed by atoms with Gasteiger partial charge in [-0.2, -0.15) is 0 Å². The summed E-state index contributed by atoms with van der Waals surface area (Å²) in [6.07, 6.45) is 1.78. The standard InChI is InChI=1S/C15H21NO3/c1-4-11-8-12-9-13(18-3)6-7-14(12)16(10-11)15(17)19-5-2/h6-7,9,11H,4-5,8,10H2,1-3H3. The Morgan fingerprint density at radius 3 is 2.84 bits per heavy atom. The van der Waals surface area contributed by atoms with Gasteiger partial charge in [0, 0.05) is 6.54 Å². The molecule has 0 saturated heterocycles. The third-order valence-electron chi connectivity index (χ3n) is 3.59. The first-order valence-corrected chi connectivity index (χ1v) is 6.80. The van der Waals surface area contributed by atoms with E-state index in [9.17, 15) is 4.79 Å². The third kappa shape index (κ3) is 2.83. The maximum atomic E-state index is 12.0. The molecular weight excluding hydrogens is 242 g/mol. The van der Waals surface area contributed by atoms with E-state index in [0.29, 0.717) is 12.5 Å². The Bertz CT molecular complexity index is 459. The molecule has 2 rings (SSSR count). The molecule has 19 heavy (non-hydrogen) atoms. The minimum atomic E-state index is -0.257. The lowest BCUT2D eigenvalue weighted by Gasteiger charge is -2.33. The van der Waals surface area contributed by atoms with Crippen molar-refractivity contribution < 1.29 is 14.3 Å². The van der Waals surface area contributed by atoms with Crippen LogP contribution in [0.25, 0.3) is 0 Å². The van der Waals surface area contributed by atoms with E-state index in [1.165, 1.54) is 0 Å². The molecule has 1 amide bonds. The number of rotatable bonds is 3. The summed E-state index contributed by atoms with van der Waals surface area (Å²) in [7, 11) is 1.66. The van der Waals surface area contributed by atoms with Crippen molar-refractivity contribution in [1.29, 1.82) is 0 Å². The number of ether oxygens (including phenoxy) is 2. The lowest BCUT2D eigenvalue weighted by molar-refractivity contribution is 0.157. The maximum absolute atomic E-state index is 12.0. The van der Waals surface area contributed by atoms with Crippen molar-refractivity contribution in [3.05, 3.63) is 23.8 Å². The molecule has 4 nitrogen and oxygen atoms in total. The summed E-state index contributed by atoms with van der Waals surface area (Å²) in [5, 5.41) is 0. The average molecular weight is 263 g/mol. The van der Waals surface area contributed by atoms with Gasteiger partial charge in [-0.25, -0.2) is 4.79 Å². The number of methoxy groups -OCH3 is 1. The number of hydrogen-bond acceptors (Lipinski definition) is 3. The number of carbonyl (C=O) groups is 1. The van der Waals surface area contributed by atoms with Crippen molar-refractivity contribution in [3.63, 3.8) is 0 Å². The fourth-order valence-electron chi connectivity index (χ4n) is 2.50. The minimum absolute atomic E-state index is 0.257. The van der Waals surface area contributed by atoms with Crippen LogP contribution in [0.1, 0.15) is 25.8 Å². The van der Waals surface area contributed by atoms with Gasteiger partial charge in [0.25, 0.3) is 0 Å². The number of carbonyl (C=O) groups excluding carboxylic acids is 1. The highest BCUT2D eigenvalue weighted by molar-refractivity contribution is 5.89. The molecule has 0 N–H and O–H groups in total. The molecule has 0 saturated carbocycles. The molecule has 0 bridgehead atoms. The van der Waals surface area contributed by atoms with Gasteiger partial charge in [-0.05, 0) is 43.0 Å². The third-order valence-corrected chi connectivity index (χ3v) is 3.59. The quantitative estimate of drug-likeness (QED) is 0.840. The lowest BCUT2D eigenvalue weighted by Crippen LogP contribution is -2.40. The Labute approximate surface area is 114 Å².